The molecule has 2 aromatic carbocycles. The Labute approximate surface area is 229 Å². The van der Waals surface area contributed by atoms with Crippen LogP contribution in [0.4, 0.5) is 0 Å². The molecule has 2 aliphatic carbocycles. The minimum atomic E-state index is -0.284. The van der Waals surface area contributed by atoms with Crippen molar-refractivity contribution in [2.75, 3.05) is 0 Å². The molecule has 1 atom stereocenters. The Morgan fingerprint density at radius 3 is 2.28 bits per heavy atom. The van der Waals surface area contributed by atoms with Gasteiger partial charge in [-0.15, -0.1) is 35.4 Å². The van der Waals surface area contributed by atoms with Crippen molar-refractivity contribution in [3.05, 3.63) is 77.7 Å². The SMILES string of the molecule is CC(C)c1c[c-]c(-c2nccc3ccccc23)cc1.CC1(C)CCC2CCC(C)(C)C(O)=C2C1=O.[Ir]. The van der Waals surface area contributed by atoms with Crippen LogP contribution in [-0.4, -0.2) is 15.9 Å². The Morgan fingerprint density at radius 1 is 0.972 bits per heavy atom. The molecule has 1 unspecified atom stereocenters. The molecule has 4 heteroatoms. The van der Waals surface area contributed by atoms with E-state index in [-0.39, 0.29) is 36.7 Å². The molecule has 3 aromatic rings. The van der Waals surface area contributed by atoms with Crippen LogP contribution in [0.15, 0.2) is 66.1 Å². The van der Waals surface area contributed by atoms with E-state index in [0.29, 0.717) is 17.6 Å². The fraction of sp³-hybridized carbons (Fsp3) is 0.438. The predicted molar refractivity (Wildman–Crippen MR) is 144 cm³/mol. The number of aliphatic hydroxyl groups excluding tert-OH is 1. The van der Waals surface area contributed by atoms with E-state index in [0.717, 1.165) is 42.5 Å². The van der Waals surface area contributed by atoms with Crippen molar-refractivity contribution < 1.29 is 30.0 Å². The van der Waals surface area contributed by atoms with Crippen LogP contribution in [0.3, 0.4) is 0 Å². The summed E-state index contributed by atoms with van der Waals surface area (Å²) in [5.41, 5.74) is 3.62. The molecule has 0 amide bonds. The average molecular weight is 661 g/mol. The molecule has 0 spiro atoms. The van der Waals surface area contributed by atoms with Gasteiger partial charge in [-0.05, 0) is 54.1 Å². The number of rotatable bonds is 2. The van der Waals surface area contributed by atoms with Gasteiger partial charge in [0.2, 0.25) is 0 Å². The van der Waals surface area contributed by atoms with Crippen molar-refractivity contribution in [3.63, 3.8) is 0 Å². The predicted octanol–water partition coefficient (Wildman–Crippen LogP) is 8.45. The zero-order valence-electron chi connectivity index (χ0n) is 22.3. The third-order valence-corrected chi connectivity index (χ3v) is 7.83. The minimum absolute atomic E-state index is 0. The van der Waals surface area contributed by atoms with Gasteiger partial charge in [-0.25, -0.2) is 0 Å². The second kappa shape index (κ2) is 11.0. The normalized spacial score (nSPS) is 20.3. The zero-order chi connectivity index (χ0) is 25.4. The number of benzene rings is 2. The molecule has 3 nitrogen and oxygen atoms in total. The quantitative estimate of drug-likeness (QED) is 0.281. The molecule has 193 valence electrons. The van der Waals surface area contributed by atoms with Gasteiger partial charge in [-0.1, -0.05) is 71.7 Å². The van der Waals surface area contributed by atoms with E-state index < -0.39 is 0 Å². The second-order valence-corrected chi connectivity index (χ2v) is 11.7. The molecular weight excluding hydrogens is 623 g/mol. The number of hydrogen-bond acceptors (Lipinski definition) is 3. The van der Waals surface area contributed by atoms with Gasteiger partial charge in [0.05, 0.1) is 0 Å². The maximum atomic E-state index is 12.4. The van der Waals surface area contributed by atoms with Gasteiger partial charge in [0.15, 0.2) is 5.78 Å². The molecule has 1 saturated carbocycles. The minimum Gasteiger partial charge on any atom is -0.511 e. The van der Waals surface area contributed by atoms with Gasteiger partial charge in [0.1, 0.15) is 5.76 Å². The number of allylic oxidation sites excluding steroid dienone is 2. The summed E-state index contributed by atoms with van der Waals surface area (Å²) < 4.78 is 0. The van der Waals surface area contributed by atoms with E-state index in [1.807, 2.05) is 40.0 Å². The molecule has 1 fully saturated rings. The zero-order valence-corrected chi connectivity index (χ0v) is 24.7. The molecule has 5 rings (SSSR count). The molecule has 0 saturated heterocycles. The van der Waals surface area contributed by atoms with Crippen molar-refractivity contribution in [1.82, 2.24) is 4.98 Å². The van der Waals surface area contributed by atoms with Crippen molar-refractivity contribution >= 4 is 16.6 Å². The van der Waals surface area contributed by atoms with Crippen LogP contribution in [-0.2, 0) is 24.9 Å². The number of pyridine rings is 1. The molecule has 1 N–H and O–H groups in total. The fourth-order valence-corrected chi connectivity index (χ4v) is 5.23. The van der Waals surface area contributed by atoms with Gasteiger partial charge in [0.25, 0.3) is 0 Å². The number of aliphatic hydroxyl groups is 1. The maximum Gasteiger partial charge on any atom is 0.168 e. The number of fused-ring (bicyclic) bond motifs is 2. The first-order chi connectivity index (χ1) is 16.5. The number of ketones is 1. The largest absolute Gasteiger partial charge is 0.511 e. The van der Waals surface area contributed by atoms with Crippen LogP contribution >= 0.6 is 0 Å². The van der Waals surface area contributed by atoms with Crippen LogP contribution in [0, 0.1) is 22.8 Å². The van der Waals surface area contributed by atoms with Crippen molar-refractivity contribution in [2.45, 2.75) is 73.1 Å². The van der Waals surface area contributed by atoms with Gasteiger partial charge in [0, 0.05) is 42.7 Å². The molecule has 0 aliphatic heterocycles. The monoisotopic (exact) mass is 661 g/mol. The summed E-state index contributed by atoms with van der Waals surface area (Å²) in [5, 5.41) is 12.7. The summed E-state index contributed by atoms with van der Waals surface area (Å²) in [6, 6.07) is 20.1. The van der Waals surface area contributed by atoms with Crippen molar-refractivity contribution in [2.24, 2.45) is 16.7 Å². The number of carbonyl (C=O) groups excluding carboxylic acids is 1. The Hall–Kier alpha value is -2.29. The summed E-state index contributed by atoms with van der Waals surface area (Å²) in [4.78, 5) is 16.9. The van der Waals surface area contributed by atoms with Crippen molar-refractivity contribution in [3.8, 4) is 11.3 Å². The standard InChI is InChI=1S/C18H16N.C14H22O2.Ir/c1-13(2)14-7-9-16(10-8-14)18-17-6-4-3-5-15(17)11-12-19-18;1-13(2)7-5-9-6-8-14(3,4)12(16)10(9)11(13)15;/h3-9,11-13H,1-2H3;9,15H,5-8H2,1-4H3;/q-1;;. The molecule has 2 aliphatic rings. The third-order valence-electron chi connectivity index (χ3n) is 7.83. The Balaban J connectivity index is 0.000000198. The molecule has 1 aromatic heterocycles. The average Bonchev–Trinajstić information content (AvgIpc) is 2.84. The summed E-state index contributed by atoms with van der Waals surface area (Å²) in [6.07, 6.45) is 5.90. The van der Waals surface area contributed by atoms with Gasteiger partial charge < -0.3 is 10.1 Å². The van der Waals surface area contributed by atoms with Gasteiger partial charge in [-0.2, -0.15) is 0 Å². The molecule has 1 radical (unpaired) electrons. The molecule has 36 heavy (non-hydrogen) atoms. The molecular formula is C32H38IrNO2-. The van der Waals surface area contributed by atoms with Crippen molar-refractivity contribution in [1.29, 1.82) is 0 Å². The van der Waals surface area contributed by atoms with E-state index in [9.17, 15) is 9.90 Å². The summed E-state index contributed by atoms with van der Waals surface area (Å²) in [5.74, 6) is 1.38. The Morgan fingerprint density at radius 2 is 1.64 bits per heavy atom. The Kier molecular flexibility index (Phi) is 8.63. The first-order valence-corrected chi connectivity index (χ1v) is 12.9. The molecule has 1 heterocycles. The van der Waals surface area contributed by atoms with E-state index in [2.05, 4.69) is 67.4 Å². The number of Topliss-reactive ketones (excluding diaryl/α,β-unsaturated/α-hetero) is 1. The van der Waals surface area contributed by atoms with E-state index in [4.69, 9.17) is 0 Å². The number of hydrogen-bond donors (Lipinski definition) is 1. The van der Waals surface area contributed by atoms with Crippen LogP contribution in [0.5, 0.6) is 0 Å². The van der Waals surface area contributed by atoms with Crippen LogP contribution in [0.25, 0.3) is 22.0 Å². The van der Waals surface area contributed by atoms with Gasteiger partial charge in [-0.3, -0.25) is 4.79 Å². The van der Waals surface area contributed by atoms with Gasteiger partial charge >= 0.3 is 0 Å². The first kappa shape index (κ1) is 28.3. The maximum absolute atomic E-state index is 12.4. The number of nitrogens with zero attached hydrogens (tertiary/aromatic N) is 1. The summed E-state index contributed by atoms with van der Waals surface area (Å²) in [7, 11) is 0. The van der Waals surface area contributed by atoms with E-state index in [1.54, 1.807) is 0 Å². The van der Waals surface area contributed by atoms with Crippen LogP contribution < -0.4 is 0 Å². The number of aromatic nitrogens is 1. The topological polar surface area (TPSA) is 50.2 Å². The summed E-state index contributed by atoms with van der Waals surface area (Å²) in [6.45, 7) is 12.4. The van der Waals surface area contributed by atoms with E-state index >= 15 is 0 Å². The second-order valence-electron chi connectivity index (χ2n) is 11.7. The molecule has 0 bridgehead atoms. The first-order valence-electron chi connectivity index (χ1n) is 12.9. The third kappa shape index (κ3) is 5.66. The smallest absolute Gasteiger partial charge is 0.168 e. The summed E-state index contributed by atoms with van der Waals surface area (Å²) >= 11 is 0. The Bertz CT molecular complexity index is 1250. The van der Waals surface area contributed by atoms with E-state index in [1.165, 1.54) is 16.3 Å². The van der Waals surface area contributed by atoms with Crippen LogP contribution in [0.1, 0.15) is 78.7 Å². The number of carbonyl (C=O) groups is 1. The van der Waals surface area contributed by atoms with Crippen LogP contribution in [0.2, 0.25) is 0 Å². The fourth-order valence-electron chi connectivity index (χ4n) is 5.23.